The SMILES string of the molecule is CC(C)[C@H](N)C(=O)N(C)C(C)c1ccccc1F. The lowest BCUT2D eigenvalue weighted by molar-refractivity contribution is -0.134. The Morgan fingerprint density at radius 2 is 1.83 bits per heavy atom. The average Bonchev–Trinajstić information content (AvgIpc) is 2.35. The molecule has 2 atom stereocenters. The average molecular weight is 252 g/mol. The van der Waals surface area contributed by atoms with Crippen molar-refractivity contribution >= 4 is 5.91 Å². The maximum Gasteiger partial charge on any atom is 0.239 e. The molecule has 1 aromatic carbocycles. The molecule has 3 nitrogen and oxygen atoms in total. The van der Waals surface area contributed by atoms with Gasteiger partial charge in [0, 0.05) is 12.6 Å². The monoisotopic (exact) mass is 252 g/mol. The molecule has 100 valence electrons. The molecule has 0 aromatic heterocycles. The molecule has 0 heterocycles. The van der Waals surface area contributed by atoms with E-state index in [0.717, 1.165) is 0 Å². The fourth-order valence-electron chi connectivity index (χ4n) is 1.73. The molecule has 0 aliphatic carbocycles. The van der Waals surface area contributed by atoms with Crippen LogP contribution in [0.2, 0.25) is 0 Å². The fraction of sp³-hybridized carbons (Fsp3) is 0.500. The van der Waals surface area contributed by atoms with Crippen molar-refractivity contribution in [2.45, 2.75) is 32.9 Å². The molecule has 1 rings (SSSR count). The van der Waals surface area contributed by atoms with Gasteiger partial charge in [-0.1, -0.05) is 32.0 Å². The Bertz CT molecular complexity index is 420. The number of nitrogens with two attached hydrogens (primary N) is 1. The number of hydrogen-bond acceptors (Lipinski definition) is 2. The summed E-state index contributed by atoms with van der Waals surface area (Å²) in [5.41, 5.74) is 6.33. The molecule has 2 N–H and O–H groups in total. The predicted octanol–water partition coefficient (Wildman–Crippen LogP) is 2.33. The third-order valence-corrected chi connectivity index (χ3v) is 3.29. The first kappa shape index (κ1) is 14.6. The van der Waals surface area contributed by atoms with Gasteiger partial charge >= 0.3 is 0 Å². The van der Waals surface area contributed by atoms with E-state index in [2.05, 4.69) is 0 Å². The number of likely N-dealkylation sites (N-methyl/N-ethyl adjacent to an activating group) is 1. The highest BCUT2D eigenvalue weighted by atomic mass is 19.1. The van der Waals surface area contributed by atoms with E-state index >= 15 is 0 Å². The van der Waals surface area contributed by atoms with Gasteiger partial charge in [0.05, 0.1) is 12.1 Å². The molecule has 4 heteroatoms. The van der Waals surface area contributed by atoms with Crippen molar-refractivity contribution < 1.29 is 9.18 Å². The Kier molecular flexibility index (Phi) is 4.84. The number of nitrogens with zero attached hydrogens (tertiary/aromatic N) is 1. The summed E-state index contributed by atoms with van der Waals surface area (Å²) >= 11 is 0. The van der Waals surface area contributed by atoms with E-state index in [4.69, 9.17) is 5.73 Å². The zero-order valence-corrected chi connectivity index (χ0v) is 11.4. The van der Waals surface area contributed by atoms with Gasteiger partial charge in [0.25, 0.3) is 0 Å². The summed E-state index contributed by atoms with van der Waals surface area (Å²) in [6.07, 6.45) is 0. The minimum atomic E-state index is -0.552. The first-order chi connectivity index (χ1) is 8.36. The minimum Gasteiger partial charge on any atom is -0.338 e. The molecular formula is C14H21FN2O. The molecule has 1 aromatic rings. The van der Waals surface area contributed by atoms with E-state index in [1.807, 2.05) is 13.8 Å². The van der Waals surface area contributed by atoms with E-state index < -0.39 is 6.04 Å². The summed E-state index contributed by atoms with van der Waals surface area (Å²) in [7, 11) is 1.65. The fourth-order valence-corrected chi connectivity index (χ4v) is 1.73. The second-order valence-electron chi connectivity index (χ2n) is 4.92. The predicted molar refractivity (Wildman–Crippen MR) is 70.4 cm³/mol. The van der Waals surface area contributed by atoms with Crippen LogP contribution in [0.5, 0.6) is 0 Å². The summed E-state index contributed by atoms with van der Waals surface area (Å²) in [5, 5.41) is 0. The smallest absolute Gasteiger partial charge is 0.239 e. The lowest BCUT2D eigenvalue weighted by Crippen LogP contribution is -2.45. The highest BCUT2D eigenvalue weighted by Gasteiger charge is 2.26. The van der Waals surface area contributed by atoms with Gasteiger partial charge in [0.2, 0.25) is 5.91 Å². The Balaban J connectivity index is 2.88. The molecule has 18 heavy (non-hydrogen) atoms. The standard InChI is InChI=1S/C14H21FN2O/c1-9(2)13(16)14(18)17(4)10(3)11-7-5-6-8-12(11)15/h5-10,13H,16H2,1-4H3/t10?,13-/m0/s1. The number of rotatable bonds is 4. The van der Waals surface area contributed by atoms with Crippen LogP contribution in [0.1, 0.15) is 32.4 Å². The lowest BCUT2D eigenvalue weighted by atomic mass is 10.0. The van der Waals surface area contributed by atoms with E-state index in [1.165, 1.54) is 11.0 Å². The highest BCUT2D eigenvalue weighted by Crippen LogP contribution is 2.22. The first-order valence-electron chi connectivity index (χ1n) is 6.13. The van der Waals surface area contributed by atoms with Crippen molar-refractivity contribution in [1.29, 1.82) is 0 Å². The molecule has 1 unspecified atom stereocenters. The van der Waals surface area contributed by atoms with Crippen LogP contribution in [0.4, 0.5) is 4.39 Å². The number of carbonyl (C=O) groups excluding carboxylic acids is 1. The van der Waals surface area contributed by atoms with Gasteiger partial charge in [-0.25, -0.2) is 4.39 Å². The Hall–Kier alpha value is -1.42. The van der Waals surface area contributed by atoms with Crippen LogP contribution in [0.3, 0.4) is 0 Å². The number of amides is 1. The zero-order valence-electron chi connectivity index (χ0n) is 11.4. The van der Waals surface area contributed by atoms with E-state index in [-0.39, 0.29) is 23.7 Å². The van der Waals surface area contributed by atoms with E-state index in [0.29, 0.717) is 5.56 Å². The lowest BCUT2D eigenvalue weighted by Gasteiger charge is -2.29. The van der Waals surface area contributed by atoms with Gasteiger partial charge in [0.15, 0.2) is 0 Å². The summed E-state index contributed by atoms with van der Waals surface area (Å²) in [6.45, 7) is 5.58. The van der Waals surface area contributed by atoms with Crippen molar-refractivity contribution in [2.75, 3.05) is 7.05 Å². The summed E-state index contributed by atoms with van der Waals surface area (Å²) < 4.78 is 13.7. The van der Waals surface area contributed by atoms with E-state index in [1.54, 1.807) is 32.2 Å². The van der Waals surface area contributed by atoms with Crippen molar-refractivity contribution in [3.63, 3.8) is 0 Å². The second-order valence-corrected chi connectivity index (χ2v) is 4.92. The highest BCUT2D eigenvalue weighted by molar-refractivity contribution is 5.82. The molecule has 0 aliphatic heterocycles. The maximum atomic E-state index is 13.7. The third-order valence-electron chi connectivity index (χ3n) is 3.29. The second kappa shape index (κ2) is 5.96. The van der Waals surface area contributed by atoms with Gasteiger partial charge in [0.1, 0.15) is 5.82 Å². The van der Waals surface area contributed by atoms with Crippen LogP contribution in [-0.2, 0) is 4.79 Å². The third kappa shape index (κ3) is 3.07. The summed E-state index contributed by atoms with van der Waals surface area (Å²) in [5.74, 6) is -0.406. The van der Waals surface area contributed by atoms with Gasteiger partial charge in [-0.05, 0) is 18.9 Å². The first-order valence-corrected chi connectivity index (χ1v) is 6.13. The maximum absolute atomic E-state index is 13.7. The molecule has 0 bridgehead atoms. The van der Waals surface area contributed by atoms with Crippen LogP contribution in [0, 0.1) is 11.7 Å². The Labute approximate surface area is 108 Å². The van der Waals surface area contributed by atoms with Crippen molar-refractivity contribution in [2.24, 2.45) is 11.7 Å². The van der Waals surface area contributed by atoms with Crippen LogP contribution < -0.4 is 5.73 Å². The summed E-state index contributed by atoms with van der Waals surface area (Å²) in [6, 6.07) is 5.59. The Morgan fingerprint density at radius 1 is 1.28 bits per heavy atom. The van der Waals surface area contributed by atoms with Crippen molar-refractivity contribution in [1.82, 2.24) is 4.90 Å². The normalized spacial score (nSPS) is 14.4. The molecule has 0 radical (unpaired) electrons. The van der Waals surface area contributed by atoms with Crippen molar-refractivity contribution in [3.05, 3.63) is 35.6 Å². The zero-order chi connectivity index (χ0) is 13.9. The molecule has 0 fully saturated rings. The topological polar surface area (TPSA) is 46.3 Å². The summed E-state index contributed by atoms with van der Waals surface area (Å²) in [4.78, 5) is 13.6. The van der Waals surface area contributed by atoms with Gasteiger partial charge < -0.3 is 10.6 Å². The van der Waals surface area contributed by atoms with Crippen LogP contribution in [0.25, 0.3) is 0 Å². The van der Waals surface area contributed by atoms with Crippen LogP contribution >= 0.6 is 0 Å². The minimum absolute atomic E-state index is 0.0628. The molecular weight excluding hydrogens is 231 g/mol. The molecule has 0 saturated heterocycles. The number of benzene rings is 1. The molecule has 0 spiro atoms. The van der Waals surface area contributed by atoms with Crippen LogP contribution in [-0.4, -0.2) is 23.9 Å². The largest absolute Gasteiger partial charge is 0.338 e. The number of hydrogen-bond donors (Lipinski definition) is 1. The molecule has 1 amide bonds. The van der Waals surface area contributed by atoms with Gasteiger partial charge in [-0.15, -0.1) is 0 Å². The Morgan fingerprint density at radius 3 is 2.33 bits per heavy atom. The molecule has 0 saturated carbocycles. The molecule has 0 aliphatic rings. The van der Waals surface area contributed by atoms with E-state index in [9.17, 15) is 9.18 Å². The van der Waals surface area contributed by atoms with Gasteiger partial charge in [-0.2, -0.15) is 0 Å². The van der Waals surface area contributed by atoms with Crippen LogP contribution in [0.15, 0.2) is 24.3 Å². The van der Waals surface area contributed by atoms with Crippen molar-refractivity contribution in [3.8, 4) is 0 Å². The quantitative estimate of drug-likeness (QED) is 0.894. The number of carbonyl (C=O) groups is 1. The van der Waals surface area contributed by atoms with Gasteiger partial charge in [-0.3, -0.25) is 4.79 Å². The number of halogens is 1.